The van der Waals surface area contributed by atoms with Crippen molar-refractivity contribution < 1.29 is 4.74 Å². The summed E-state index contributed by atoms with van der Waals surface area (Å²) in [5, 5.41) is 9.67. The van der Waals surface area contributed by atoms with Crippen LogP contribution in [-0.2, 0) is 17.8 Å². The highest BCUT2D eigenvalue weighted by atomic mass is 32.1. The maximum Gasteiger partial charge on any atom is 0.104 e. The molecule has 1 aliphatic rings. The van der Waals surface area contributed by atoms with Gasteiger partial charge in [-0.3, -0.25) is 0 Å². The van der Waals surface area contributed by atoms with Gasteiger partial charge in [-0.15, -0.1) is 11.3 Å². The Kier molecular flexibility index (Phi) is 2.45. The first-order chi connectivity index (χ1) is 7.09. The summed E-state index contributed by atoms with van der Waals surface area (Å²) < 4.78 is 5.80. The first-order valence-electron chi connectivity index (χ1n) is 5.03. The third-order valence-corrected chi connectivity index (χ3v) is 4.11. The van der Waals surface area contributed by atoms with Crippen molar-refractivity contribution in [1.82, 2.24) is 0 Å². The topological polar surface area (TPSA) is 59.0 Å². The van der Waals surface area contributed by atoms with Crippen LogP contribution in [0.1, 0.15) is 36.3 Å². The maximum absolute atomic E-state index is 9.04. The van der Waals surface area contributed by atoms with Crippen molar-refractivity contribution in [3.63, 3.8) is 0 Å². The Morgan fingerprint density at radius 1 is 1.67 bits per heavy atom. The highest BCUT2D eigenvalue weighted by Gasteiger charge is 2.32. The van der Waals surface area contributed by atoms with E-state index in [0.29, 0.717) is 17.2 Å². The quantitative estimate of drug-likeness (QED) is 0.794. The van der Waals surface area contributed by atoms with Crippen molar-refractivity contribution in [3.8, 4) is 6.07 Å². The summed E-state index contributed by atoms with van der Waals surface area (Å²) >= 11 is 1.48. The second-order valence-electron chi connectivity index (χ2n) is 4.12. The molecule has 1 aliphatic heterocycles. The van der Waals surface area contributed by atoms with Crippen LogP contribution in [0.5, 0.6) is 0 Å². The van der Waals surface area contributed by atoms with Gasteiger partial charge in [0.05, 0.1) is 17.8 Å². The van der Waals surface area contributed by atoms with Crippen LogP contribution < -0.4 is 5.73 Å². The lowest BCUT2D eigenvalue weighted by atomic mass is 9.90. The third-order valence-electron chi connectivity index (χ3n) is 3.08. The summed E-state index contributed by atoms with van der Waals surface area (Å²) in [5.41, 5.74) is 7.44. The molecule has 1 aromatic heterocycles. The first-order valence-corrected chi connectivity index (χ1v) is 5.85. The standard InChI is InChI=1S/C11H14N2OS/c1-3-11(2)4-7-8(5-12)10(13)15-9(7)6-14-11/h3-4,6,13H2,1-2H3/t11-/m1/s1. The molecule has 0 fully saturated rings. The number of hydrogen-bond acceptors (Lipinski definition) is 4. The minimum atomic E-state index is -0.133. The van der Waals surface area contributed by atoms with E-state index in [1.165, 1.54) is 11.3 Å². The van der Waals surface area contributed by atoms with Crippen molar-refractivity contribution >= 4 is 16.3 Å². The fourth-order valence-corrected chi connectivity index (χ4v) is 2.80. The molecule has 15 heavy (non-hydrogen) atoms. The smallest absolute Gasteiger partial charge is 0.104 e. The number of nitrogens with zero attached hydrogens (tertiary/aromatic N) is 1. The molecule has 0 radical (unpaired) electrons. The second kappa shape index (κ2) is 3.51. The fourth-order valence-electron chi connectivity index (χ4n) is 1.85. The van der Waals surface area contributed by atoms with Crippen molar-refractivity contribution in [1.29, 1.82) is 5.26 Å². The number of nitriles is 1. The van der Waals surface area contributed by atoms with Crippen LogP contribution in [0.2, 0.25) is 0 Å². The van der Waals surface area contributed by atoms with Gasteiger partial charge in [-0.05, 0) is 18.9 Å². The summed E-state index contributed by atoms with van der Waals surface area (Å²) in [7, 11) is 0. The predicted octanol–water partition coefficient (Wildman–Crippen LogP) is 2.44. The van der Waals surface area contributed by atoms with Gasteiger partial charge in [0.2, 0.25) is 0 Å². The molecule has 0 bridgehead atoms. The lowest BCUT2D eigenvalue weighted by Gasteiger charge is -2.32. The van der Waals surface area contributed by atoms with E-state index in [-0.39, 0.29) is 5.60 Å². The Morgan fingerprint density at radius 2 is 2.40 bits per heavy atom. The van der Waals surface area contributed by atoms with Gasteiger partial charge in [-0.1, -0.05) is 6.92 Å². The Labute approximate surface area is 93.5 Å². The number of rotatable bonds is 1. The van der Waals surface area contributed by atoms with Gasteiger partial charge in [0, 0.05) is 11.3 Å². The average molecular weight is 222 g/mol. The SMILES string of the molecule is CC[C@]1(C)Cc2c(sc(N)c2C#N)CO1. The van der Waals surface area contributed by atoms with Gasteiger partial charge in [0.15, 0.2) is 0 Å². The molecule has 0 unspecified atom stereocenters. The summed E-state index contributed by atoms with van der Waals surface area (Å²) in [5.74, 6) is 0. The fraction of sp³-hybridized carbons (Fsp3) is 0.545. The van der Waals surface area contributed by atoms with E-state index in [9.17, 15) is 0 Å². The Hall–Kier alpha value is -1.05. The van der Waals surface area contributed by atoms with Crippen LogP contribution in [0.4, 0.5) is 5.00 Å². The minimum Gasteiger partial charge on any atom is -0.389 e. The molecular weight excluding hydrogens is 208 g/mol. The van der Waals surface area contributed by atoms with E-state index in [1.807, 2.05) is 0 Å². The molecule has 0 aromatic carbocycles. The number of nitrogen functional groups attached to an aromatic ring is 1. The molecule has 2 heterocycles. The zero-order valence-corrected chi connectivity index (χ0v) is 9.78. The monoisotopic (exact) mass is 222 g/mol. The van der Waals surface area contributed by atoms with Crippen molar-refractivity contribution in [2.75, 3.05) is 5.73 Å². The van der Waals surface area contributed by atoms with Crippen LogP contribution >= 0.6 is 11.3 Å². The minimum absolute atomic E-state index is 0.133. The summed E-state index contributed by atoms with van der Waals surface area (Å²) in [6.45, 7) is 4.79. The highest BCUT2D eigenvalue weighted by molar-refractivity contribution is 7.16. The van der Waals surface area contributed by atoms with E-state index < -0.39 is 0 Å². The number of fused-ring (bicyclic) bond motifs is 1. The molecule has 0 saturated heterocycles. The van der Waals surface area contributed by atoms with Gasteiger partial charge in [-0.25, -0.2) is 0 Å². The molecule has 0 spiro atoms. The van der Waals surface area contributed by atoms with Crippen LogP contribution in [0, 0.1) is 11.3 Å². The molecule has 0 amide bonds. The zero-order chi connectivity index (χ0) is 11.1. The van der Waals surface area contributed by atoms with E-state index in [0.717, 1.165) is 23.3 Å². The molecule has 4 heteroatoms. The van der Waals surface area contributed by atoms with E-state index >= 15 is 0 Å². The van der Waals surface area contributed by atoms with Gasteiger partial charge in [-0.2, -0.15) is 5.26 Å². The molecule has 0 saturated carbocycles. The van der Waals surface area contributed by atoms with Crippen LogP contribution in [-0.4, -0.2) is 5.60 Å². The third kappa shape index (κ3) is 1.62. The summed E-state index contributed by atoms with van der Waals surface area (Å²) in [4.78, 5) is 1.12. The van der Waals surface area contributed by atoms with Crippen LogP contribution in [0.25, 0.3) is 0 Å². The van der Waals surface area contributed by atoms with Crippen molar-refractivity contribution in [2.45, 2.75) is 38.9 Å². The molecule has 2 rings (SSSR count). The van der Waals surface area contributed by atoms with Gasteiger partial charge < -0.3 is 10.5 Å². The molecule has 1 atom stereocenters. The molecule has 2 N–H and O–H groups in total. The van der Waals surface area contributed by atoms with E-state index in [1.54, 1.807) is 0 Å². The Balaban J connectivity index is 2.45. The number of nitrogens with two attached hydrogens (primary N) is 1. The molecule has 0 aliphatic carbocycles. The average Bonchev–Trinajstić information content (AvgIpc) is 2.53. The van der Waals surface area contributed by atoms with Gasteiger partial charge in [0.1, 0.15) is 11.1 Å². The summed E-state index contributed by atoms with van der Waals surface area (Å²) in [6, 6.07) is 2.20. The molecule has 1 aromatic rings. The Morgan fingerprint density at radius 3 is 3.00 bits per heavy atom. The van der Waals surface area contributed by atoms with E-state index in [4.69, 9.17) is 15.7 Å². The van der Waals surface area contributed by atoms with Crippen molar-refractivity contribution in [3.05, 3.63) is 16.0 Å². The number of anilines is 1. The Bertz CT molecular complexity index is 433. The zero-order valence-electron chi connectivity index (χ0n) is 8.96. The van der Waals surface area contributed by atoms with Crippen LogP contribution in [0.3, 0.4) is 0 Å². The molecule has 80 valence electrons. The number of ether oxygens (including phenoxy) is 1. The van der Waals surface area contributed by atoms with E-state index in [2.05, 4.69) is 19.9 Å². The largest absolute Gasteiger partial charge is 0.389 e. The number of hydrogen-bond donors (Lipinski definition) is 1. The normalized spacial score (nSPS) is 24.6. The van der Waals surface area contributed by atoms with Gasteiger partial charge in [0.25, 0.3) is 0 Å². The molecule has 3 nitrogen and oxygen atoms in total. The predicted molar refractivity (Wildman–Crippen MR) is 60.6 cm³/mol. The lowest BCUT2D eigenvalue weighted by Crippen LogP contribution is -2.34. The van der Waals surface area contributed by atoms with Crippen molar-refractivity contribution in [2.24, 2.45) is 0 Å². The van der Waals surface area contributed by atoms with Gasteiger partial charge >= 0.3 is 0 Å². The maximum atomic E-state index is 9.04. The summed E-state index contributed by atoms with van der Waals surface area (Å²) in [6.07, 6.45) is 1.75. The lowest BCUT2D eigenvalue weighted by molar-refractivity contribution is -0.0547. The molecular formula is C11H14N2OS. The highest BCUT2D eigenvalue weighted by Crippen LogP contribution is 2.39. The first kappa shape index (κ1) is 10.5. The second-order valence-corrected chi connectivity index (χ2v) is 5.26. The number of thiophene rings is 1. The van der Waals surface area contributed by atoms with Crippen LogP contribution in [0.15, 0.2) is 0 Å².